The third-order valence-corrected chi connectivity index (χ3v) is 1.92. The van der Waals surface area contributed by atoms with E-state index in [1.54, 1.807) is 12.1 Å². The van der Waals surface area contributed by atoms with Crippen LogP contribution in [0.5, 0.6) is 0 Å². The van der Waals surface area contributed by atoms with Crippen LogP contribution in [0.4, 0.5) is 0 Å². The van der Waals surface area contributed by atoms with Crippen molar-refractivity contribution in [3.05, 3.63) is 35.4 Å². The van der Waals surface area contributed by atoms with Crippen molar-refractivity contribution in [2.75, 3.05) is 5.88 Å². The lowest BCUT2D eigenvalue weighted by Crippen LogP contribution is -2.15. The van der Waals surface area contributed by atoms with Crippen LogP contribution in [-0.2, 0) is 9.63 Å². The van der Waals surface area contributed by atoms with E-state index >= 15 is 0 Å². The molecule has 0 amide bonds. The average molecular weight is 227 g/mol. The summed E-state index contributed by atoms with van der Waals surface area (Å²) in [7, 11) is 0. The molecule has 5 heteroatoms. The van der Waals surface area contributed by atoms with Crippen molar-refractivity contribution in [2.45, 2.75) is 6.92 Å². The highest BCUT2D eigenvalue weighted by Crippen LogP contribution is 2.02. The van der Waals surface area contributed by atoms with E-state index in [-0.39, 0.29) is 11.7 Å². The molecule has 0 radical (unpaired) electrons. The average Bonchev–Trinajstić information content (AvgIpc) is 2.26. The second kappa shape index (κ2) is 5.36. The van der Waals surface area contributed by atoms with E-state index in [2.05, 4.69) is 9.99 Å². The fourth-order valence-electron chi connectivity index (χ4n) is 0.902. The van der Waals surface area contributed by atoms with E-state index < -0.39 is 5.97 Å². The Morgan fingerprint density at radius 3 is 2.60 bits per heavy atom. The molecule has 4 nitrogen and oxygen atoms in total. The standard InChI is InChI=1S/C10H11ClN2O2/c1-7-2-4-8(5-3-7)10(12)13-15-9(14)6-11/h2-5H,6H2,1H3,(H2,12,13). The number of hydrogen-bond donors (Lipinski definition) is 1. The minimum Gasteiger partial charge on any atom is -0.380 e. The Labute approximate surface area is 92.7 Å². The Balaban J connectivity index is 2.71. The molecule has 0 heterocycles. The van der Waals surface area contributed by atoms with Gasteiger partial charge < -0.3 is 10.6 Å². The molecule has 1 rings (SSSR count). The van der Waals surface area contributed by atoms with E-state index in [9.17, 15) is 4.79 Å². The minimum absolute atomic E-state index is 0.147. The van der Waals surface area contributed by atoms with Gasteiger partial charge in [0.2, 0.25) is 0 Å². The second-order valence-electron chi connectivity index (χ2n) is 2.94. The molecule has 1 aromatic carbocycles. The predicted octanol–water partition coefficient (Wildman–Crippen LogP) is 1.40. The SMILES string of the molecule is Cc1ccc(/C(N)=N/OC(=O)CCl)cc1. The molecule has 0 saturated heterocycles. The van der Waals surface area contributed by atoms with Crippen LogP contribution >= 0.6 is 11.6 Å². The first-order valence-electron chi connectivity index (χ1n) is 4.30. The summed E-state index contributed by atoms with van der Waals surface area (Å²) < 4.78 is 0. The first-order valence-corrected chi connectivity index (χ1v) is 4.83. The maximum Gasteiger partial charge on any atom is 0.349 e. The number of carbonyl (C=O) groups excluding carboxylic acids is 1. The predicted molar refractivity (Wildman–Crippen MR) is 58.7 cm³/mol. The number of benzene rings is 1. The van der Waals surface area contributed by atoms with Crippen LogP contribution in [0.2, 0.25) is 0 Å². The van der Waals surface area contributed by atoms with Crippen molar-refractivity contribution in [1.82, 2.24) is 0 Å². The largest absolute Gasteiger partial charge is 0.380 e. The maximum absolute atomic E-state index is 10.7. The van der Waals surface area contributed by atoms with Gasteiger partial charge in [0.1, 0.15) is 5.88 Å². The molecule has 0 aliphatic carbocycles. The zero-order chi connectivity index (χ0) is 11.3. The number of alkyl halides is 1. The van der Waals surface area contributed by atoms with E-state index in [4.69, 9.17) is 17.3 Å². The van der Waals surface area contributed by atoms with Crippen LogP contribution in [0.1, 0.15) is 11.1 Å². The Kier molecular flexibility index (Phi) is 4.12. The number of oxime groups is 1. The maximum atomic E-state index is 10.7. The first-order chi connectivity index (χ1) is 7.13. The van der Waals surface area contributed by atoms with Gasteiger partial charge >= 0.3 is 5.97 Å². The highest BCUT2D eigenvalue weighted by molar-refractivity contribution is 6.26. The number of rotatable bonds is 3. The Morgan fingerprint density at radius 1 is 1.47 bits per heavy atom. The number of carbonyl (C=O) groups is 1. The van der Waals surface area contributed by atoms with Gasteiger partial charge in [-0.3, -0.25) is 0 Å². The molecular formula is C10H11ClN2O2. The molecule has 0 unspecified atom stereocenters. The molecule has 0 atom stereocenters. The number of nitrogens with zero attached hydrogens (tertiary/aromatic N) is 1. The van der Waals surface area contributed by atoms with Gasteiger partial charge in [-0.15, -0.1) is 11.6 Å². The van der Waals surface area contributed by atoms with Crippen LogP contribution in [0.3, 0.4) is 0 Å². The van der Waals surface area contributed by atoms with Gasteiger partial charge in [-0.1, -0.05) is 35.0 Å². The van der Waals surface area contributed by atoms with Crippen LogP contribution in [0, 0.1) is 6.92 Å². The second-order valence-corrected chi connectivity index (χ2v) is 3.21. The Hall–Kier alpha value is -1.55. The molecule has 0 saturated carbocycles. The van der Waals surface area contributed by atoms with Crippen molar-refractivity contribution in [1.29, 1.82) is 0 Å². The summed E-state index contributed by atoms with van der Waals surface area (Å²) in [4.78, 5) is 15.1. The lowest BCUT2D eigenvalue weighted by molar-refractivity contribution is -0.140. The topological polar surface area (TPSA) is 64.7 Å². The quantitative estimate of drug-likeness (QED) is 0.279. The number of amidine groups is 1. The molecule has 0 aliphatic rings. The van der Waals surface area contributed by atoms with Crippen LogP contribution in [-0.4, -0.2) is 17.7 Å². The van der Waals surface area contributed by atoms with Crippen molar-refractivity contribution in [3.8, 4) is 0 Å². The Morgan fingerprint density at radius 2 is 2.07 bits per heavy atom. The number of hydrogen-bond acceptors (Lipinski definition) is 3. The third kappa shape index (κ3) is 3.59. The summed E-state index contributed by atoms with van der Waals surface area (Å²) in [6.07, 6.45) is 0. The molecule has 0 fully saturated rings. The van der Waals surface area contributed by atoms with Gasteiger partial charge in [-0.05, 0) is 6.92 Å². The fourth-order valence-corrected chi connectivity index (χ4v) is 0.950. The van der Waals surface area contributed by atoms with Gasteiger partial charge in [0.25, 0.3) is 0 Å². The summed E-state index contributed by atoms with van der Waals surface area (Å²) in [5.41, 5.74) is 7.39. The molecule has 0 aromatic heterocycles. The lowest BCUT2D eigenvalue weighted by atomic mass is 10.1. The number of aryl methyl sites for hydroxylation is 1. The normalized spacial score (nSPS) is 11.2. The third-order valence-electron chi connectivity index (χ3n) is 1.70. The first kappa shape index (κ1) is 11.5. The summed E-state index contributed by atoms with van der Waals surface area (Å²) in [5, 5.41) is 3.46. The number of nitrogens with two attached hydrogens (primary N) is 1. The Bertz CT molecular complexity index is 374. The van der Waals surface area contributed by atoms with E-state index in [0.717, 1.165) is 5.56 Å². The fraction of sp³-hybridized carbons (Fsp3) is 0.200. The smallest absolute Gasteiger partial charge is 0.349 e. The van der Waals surface area contributed by atoms with Crippen molar-refractivity contribution < 1.29 is 9.63 Å². The molecule has 0 spiro atoms. The van der Waals surface area contributed by atoms with Crippen molar-refractivity contribution in [2.24, 2.45) is 10.9 Å². The highest BCUT2D eigenvalue weighted by atomic mass is 35.5. The molecular weight excluding hydrogens is 216 g/mol. The zero-order valence-corrected chi connectivity index (χ0v) is 8.99. The van der Waals surface area contributed by atoms with Gasteiger partial charge in [0.05, 0.1) is 0 Å². The van der Waals surface area contributed by atoms with Gasteiger partial charge in [-0.2, -0.15) is 0 Å². The zero-order valence-electron chi connectivity index (χ0n) is 8.24. The molecule has 0 bridgehead atoms. The summed E-state index contributed by atoms with van der Waals surface area (Å²) >= 11 is 5.22. The summed E-state index contributed by atoms with van der Waals surface area (Å²) in [6, 6.07) is 7.37. The van der Waals surface area contributed by atoms with Crippen molar-refractivity contribution in [3.63, 3.8) is 0 Å². The van der Waals surface area contributed by atoms with Gasteiger partial charge in [0.15, 0.2) is 5.84 Å². The lowest BCUT2D eigenvalue weighted by Gasteiger charge is -2.00. The van der Waals surface area contributed by atoms with E-state index in [1.165, 1.54) is 0 Å². The van der Waals surface area contributed by atoms with Crippen LogP contribution in [0.15, 0.2) is 29.4 Å². The van der Waals surface area contributed by atoms with Crippen LogP contribution in [0.25, 0.3) is 0 Å². The van der Waals surface area contributed by atoms with Crippen LogP contribution < -0.4 is 5.73 Å². The van der Waals surface area contributed by atoms with Crippen molar-refractivity contribution >= 4 is 23.4 Å². The van der Waals surface area contributed by atoms with E-state index in [1.807, 2.05) is 19.1 Å². The summed E-state index contributed by atoms with van der Waals surface area (Å²) in [6.45, 7) is 1.96. The minimum atomic E-state index is -0.633. The molecule has 80 valence electrons. The highest BCUT2D eigenvalue weighted by Gasteiger charge is 2.01. The molecule has 2 N–H and O–H groups in total. The monoisotopic (exact) mass is 226 g/mol. The van der Waals surface area contributed by atoms with E-state index in [0.29, 0.717) is 5.56 Å². The molecule has 1 aromatic rings. The molecule has 15 heavy (non-hydrogen) atoms. The number of halogens is 1. The van der Waals surface area contributed by atoms with Gasteiger partial charge in [-0.25, -0.2) is 4.79 Å². The molecule has 0 aliphatic heterocycles. The summed E-state index contributed by atoms with van der Waals surface area (Å²) in [5.74, 6) is -0.731. The van der Waals surface area contributed by atoms with Gasteiger partial charge in [0, 0.05) is 5.56 Å².